The molecule has 24 heavy (non-hydrogen) atoms. The number of aryl methyl sites for hydroxylation is 1. The second kappa shape index (κ2) is 7.86. The zero-order valence-electron chi connectivity index (χ0n) is 14.0. The summed E-state index contributed by atoms with van der Waals surface area (Å²) in [5.41, 5.74) is 3.36. The maximum Gasteiger partial charge on any atom is 0.251 e. The van der Waals surface area contributed by atoms with Gasteiger partial charge in [-0.25, -0.2) is 0 Å². The Bertz CT molecular complexity index is 695. The molecule has 2 aromatic rings. The fourth-order valence-corrected chi connectivity index (χ4v) is 3.05. The summed E-state index contributed by atoms with van der Waals surface area (Å²) in [6, 6.07) is 13.3. The maximum absolute atomic E-state index is 12.1. The van der Waals surface area contributed by atoms with Gasteiger partial charge in [0.2, 0.25) is 0 Å². The highest BCUT2D eigenvalue weighted by Crippen LogP contribution is 2.29. The van der Waals surface area contributed by atoms with Gasteiger partial charge >= 0.3 is 0 Å². The van der Waals surface area contributed by atoms with Gasteiger partial charge in [0, 0.05) is 5.56 Å². The summed E-state index contributed by atoms with van der Waals surface area (Å²) in [5, 5.41) is 2.88. The Morgan fingerprint density at radius 3 is 2.67 bits per heavy atom. The molecule has 126 valence electrons. The first-order chi connectivity index (χ1) is 11.8. The monoisotopic (exact) mass is 325 g/mol. The fourth-order valence-electron chi connectivity index (χ4n) is 3.05. The van der Waals surface area contributed by atoms with Crippen LogP contribution < -0.4 is 14.8 Å². The third-order valence-electron chi connectivity index (χ3n) is 4.35. The molecule has 4 nitrogen and oxygen atoms in total. The molecule has 0 spiro atoms. The molecule has 0 aliphatic heterocycles. The number of fused-ring (bicyclic) bond motifs is 1. The van der Waals surface area contributed by atoms with Crippen LogP contribution in [0.25, 0.3) is 0 Å². The minimum Gasteiger partial charge on any atom is -0.497 e. The summed E-state index contributed by atoms with van der Waals surface area (Å²) in [7, 11) is 1.61. The molecule has 1 aliphatic carbocycles. The lowest BCUT2D eigenvalue weighted by Gasteiger charge is -2.19. The highest BCUT2D eigenvalue weighted by Gasteiger charge is 2.13. The molecule has 0 atom stereocenters. The van der Waals surface area contributed by atoms with Gasteiger partial charge < -0.3 is 14.8 Å². The van der Waals surface area contributed by atoms with Gasteiger partial charge in [-0.2, -0.15) is 0 Å². The fraction of sp³-hybridized carbons (Fsp3) is 0.350. The van der Waals surface area contributed by atoms with Gasteiger partial charge in [-0.05, 0) is 67.1 Å². The van der Waals surface area contributed by atoms with Crippen LogP contribution in [0.2, 0.25) is 0 Å². The van der Waals surface area contributed by atoms with Crippen molar-refractivity contribution in [2.45, 2.75) is 25.7 Å². The number of carbonyl (C=O) groups is 1. The smallest absolute Gasteiger partial charge is 0.251 e. The number of methoxy groups -OCH3 is 1. The van der Waals surface area contributed by atoms with E-state index in [2.05, 4.69) is 17.4 Å². The third kappa shape index (κ3) is 3.88. The number of hydrogen-bond donors (Lipinski definition) is 1. The first-order valence-electron chi connectivity index (χ1n) is 8.44. The Labute approximate surface area is 142 Å². The van der Waals surface area contributed by atoms with Crippen molar-refractivity contribution >= 4 is 5.91 Å². The van der Waals surface area contributed by atoms with Crippen LogP contribution in [-0.2, 0) is 12.8 Å². The highest BCUT2D eigenvalue weighted by atomic mass is 16.5. The van der Waals surface area contributed by atoms with Crippen LogP contribution in [0.3, 0.4) is 0 Å². The van der Waals surface area contributed by atoms with Crippen molar-refractivity contribution in [1.29, 1.82) is 0 Å². The van der Waals surface area contributed by atoms with E-state index in [1.54, 1.807) is 31.4 Å². The summed E-state index contributed by atoms with van der Waals surface area (Å²) in [4.78, 5) is 12.1. The highest BCUT2D eigenvalue weighted by molar-refractivity contribution is 5.94. The Balaban J connectivity index is 1.49. The molecule has 4 heteroatoms. The van der Waals surface area contributed by atoms with Gasteiger partial charge in [0.05, 0.1) is 13.7 Å². The van der Waals surface area contributed by atoms with Crippen molar-refractivity contribution in [3.05, 3.63) is 59.2 Å². The predicted octanol–water partition coefficient (Wildman–Crippen LogP) is 3.38. The lowest BCUT2D eigenvalue weighted by molar-refractivity contribution is 0.0947. The first kappa shape index (κ1) is 16.4. The zero-order valence-corrected chi connectivity index (χ0v) is 14.0. The van der Waals surface area contributed by atoms with Crippen LogP contribution in [0.4, 0.5) is 0 Å². The number of carbonyl (C=O) groups excluding carboxylic acids is 1. The maximum atomic E-state index is 12.1. The van der Waals surface area contributed by atoms with Crippen LogP contribution >= 0.6 is 0 Å². The minimum atomic E-state index is -0.101. The van der Waals surface area contributed by atoms with E-state index in [0.29, 0.717) is 18.7 Å². The predicted molar refractivity (Wildman–Crippen MR) is 93.9 cm³/mol. The van der Waals surface area contributed by atoms with E-state index in [-0.39, 0.29) is 5.91 Å². The second-order valence-electron chi connectivity index (χ2n) is 5.93. The number of nitrogens with one attached hydrogen (secondary N) is 1. The zero-order chi connectivity index (χ0) is 16.8. The van der Waals surface area contributed by atoms with Crippen LogP contribution in [-0.4, -0.2) is 26.2 Å². The standard InChI is InChI=1S/C20H23NO3/c1-23-17-11-9-16(10-12-17)20(22)21-13-14-24-19-8-4-6-15-5-2-3-7-18(15)19/h4,6,8-12H,2-3,5,7,13-14H2,1H3,(H,21,22). The molecule has 0 heterocycles. The summed E-state index contributed by atoms with van der Waals surface area (Å²) >= 11 is 0. The molecule has 2 aromatic carbocycles. The third-order valence-corrected chi connectivity index (χ3v) is 4.35. The lowest BCUT2D eigenvalue weighted by Crippen LogP contribution is -2.28. The van der Waals surface area contributed by atoms with E-state index in [4.69, 9.17) is 9.47 Å². The summed E-state index contributed by atoms with van der Waals surface area (Å²) in [6.07, 6.45) is 4.71. The number of benzene rings is 2. The molecule has 0 saturated carbocycles. The average Bonchev–Trinajstić information content (AvgIpc) is 2.65. The molecule has 0 bridgehead atoms. The number of rotatable bonds is 6. The van der Waals surface area contributed by atoms with Crippen LogP contribution in [0, 0.1) is 0 Å². The van der Waals surface area contributed by atoms with E-state index in [1.807, 2.05) is 6.07 Å². The normalized spacial score (nSPS) is 13.0. The molecule has 0 unspecified atom stereocenters. The van der Waals surface area contributed by atoms with Gasteiger partial charge in [0.15, 0.2) is 0 Å². The van der Waals surface area contributed by atoms with Crippen molar-refractivity contribution < 1.29 is 14.3 Å². The average molecular weight is 325 g/mol. The van der Waals surface area contributed by atoms with E-state index in [0.717, 1.165) is 24.3 Å². The van der Waals surface area contributed by atoms with Gasteiger partial charge in [0.1, 0.15) is 18.1 Å². The van der Waals surface area contributed by atoms with Crippen molar-refractivity contribution in [1.82, 2.24) is 5.32 Å². The van der Waals surface area contributed by atoms with Gasteiger partial charge in [-0.15, -0.1) is 0 Å². The summed E-state index contributed by atoms with van der Waals surface area (Å²) < 4.78 is 11.0. The molecule has 1 amide bonds. The van der Waals surface area contributed by atoms with Crippen molar-refractivity contribution in [2.24, 2.45) is 0 Å². The number of hydrogen-bond acceptors (Lipinski definition) is 3. The molecule has 0 radical (unpaired) electrons. The van der Waals surface area contributed by atoms with E-state index >= 15 is 0 Å². The first-order valence-corrected chi connectivity index (χ1v) is 8.44. The summed E-state index contributed by atoms with van der Waals surface area (Å²) in [5.74, 6) is 1.60. The number of ether oxygens (including phenoxy) is 2. The molecular weight excluding hydrogens is 302 g/mol. The minimum absolute atomic E-state index is 0.101. The quantitative estimate of drug-likeness (QED) is 0.828. The van der Waals surface area contributed by atoms with Crippen molar-refractivity contribution in [3.63, 3.8) is 0 Å². The second-order valence-corrected chi connectivity index (χ2v) is 5.93. The molecule has 0 saturated heterocycles. The largest absolute Gasteiger partial charge is 0.497 e. The van der Waals surface area contributed by atoms with Gasteiger partial charge in [-0.3, -0.25) is 4.79 Å². The SMILES string of the molecule is COc1ccc(C(=O)NCCOc2cccc3c2CCCC3)cc1. The van der Waals surface area contributed by atoms with E-state index in [1.165, 1.54) is 24.0 Å². The topological polar surface area (TPSA) is 47.6 Å². The molecule has 0 fully saturated rings. The van der Waals surface area contributed by atoms with Gasteiger partial charge in [-0.1, -0.05) is 12.1 Å². The van der Waals surface area contributed by atoms with E-state index in [9.17, 15) is 4.79 Å². The van der Waals surface area contributed by atoms with Crippen LogP contribution in [0.5, 0.6) is 11.5 Å². The summed E-state index contributed by atoms with van der Waals surface area (Å²) in [6.45, 7) is 0.951. The Morgan fingerprint density at radius 2 is 1.88 bits per heavy atom. The number of amides is 1. The van der Waals surface area contributed by atoms with Crippen molar-refractivity contribution in [2.75, 3.05) is 20.3 Å². The van der Waals surface area contributed by atoms with Gasteiger partial charge in [0.25, 0.3) is 5.91 Å². The Kier molecular flexibility index (Phi) is 5.36. The van der Waals surface area contributed by atoms with Crippen LogP contribution in [0.1, 0.15) is 34.3 Å². The molecular formula is C20H23NO3. The Hall–Kier alpha value is -2.49. The lowest BCUT2D eigenvalue weighted by atomic mass is 9.91. The molecule has 0 aromatic heterocycles. The molecule has 3 rings (SSSR count). The Morgan fingerprint density at radius 1 is 1.08 bits per heavy atom. The van der Waals surface area contributed by atoms with Crippen molar-refractivity contribution in [3.8, 4) is 11.5 Å². The van der Waals surface area contributed by atoms with Crippen LogP contribution in [0.15, 0.2) is 42.5 Å². The van der Waals surface area contributed by atoms with E-state index < -0.39 is 0 Å². The molecule has 1 aliphatic rings. The molecule has 1 N–H and O–H groups in total.